The molecule has 0 bridgehead atoms. The van der Waals surface area contributed by atoms with Crippen LogP contribution >= 0.6 is 0 Å². The Morgan fingerprint density at radius 3 is 2.50 bits per heavy atom. The summed E-state index contributed by atoms with van der Waals surface area (Å²) >= 11 is 0. The Hall–Kier alpha value is -3.15. The first-order valence-electron chi connectivity index (χ1n) is 7.39. The topological polar surface area (TPSA) is 61.4 Å². The molecule has 6 nitrogen and oxygen atoms in total. The molecule has 3 rings (SSSR count). The van der Waals surface area contributed by atoms with E-state index in [1.54, 1.807) is 33.5 Å². The molecule has 26 heavy (non-hydrogen) atoms. The van der Waals surface area contributed by atoms with Crippen LogP contribution in [0.25, 0.3) is 10.9 Å². The predicted molar refractivity (Wildman–Crippen MR) is 99.8 cm³/mol. The summed E-state index contributed by atoms with van der Waals surface area (Å²) in [5.74, 6) is -0.937. The molecule has 0 saturated carbocycles. The highest BCUT2D eigenvalue weighted by Crippen LogP contribution is 2.20. The molecule has 0 aliphatic heterocycles. The number of aromatic nitrogens is 2. The number of nitrogens with zero attached hydrogens (tertiary/aromatic N) is 2. The summed E-state index contributed by atoms with van der Waals surface area (Å²) in [7, 11) is 3.14. The second-order valence-corrected chi connectivity index (χ2v) is 5.33. The smallest absolute Gasteiger partial charge is 0.354 e. The summed E-state index contributed by atoms with van der Waals surface area (Å²) in [6, 6.07) is 12.6. The van der Waals surface area contributed by atoms with Crippen LogP contribution < -0.4 is 4.57 Å². The largest absolute Gasteiger partial charge is 0.464 e. The van der Waals surface area contributed by atoms with Gasteiger partial charge < -0.3 is 14.0 Å². The van der Waals surface area contributed by atoms with E-state index >= 15 is 0 Å². The van der Waals surface area contributed by atoms with Crippen LogP contribution in [0.4, 0.5) is 0 Å². The number of para-hydroxylation sites is 1. The van der Waals surface area contributed by atoms with Crippen LogP contribution in [0, 0.1) is 0 Å². The fourth-order valence-electron chi connectivity index (χ4n) is 2.54. The number of carbonyl (C=O) groups is 2. The Balaban J connectivity index is 0.00000169. The van der Waals surface area contributed by atoms with E-state index in [-0.39, 0.29) is 21.6 Å². The first-order valence-corrected chi connectivity index (χ1v) is 7.39. The number of benzene rings is 1. The van der Waals surface area contributed by atoms with Crippen molar-refractivity contribution in [3.8, 4) is 0 Å². The van der Waals surface area contributed by atoms with Gasteiger partial charge in [-0.3, -0.25) is 0 Å². The Morgan fingerprint density at radius 2 is 1.81 bits per heavy atom. The van der Waals surface area contributed by atoms with Gasteiger partial charge in [-0.15, -0.1) is 0 Å². The van der Waals surface area contributed by atoms with Crippen molar-refractivity contribution in [2.24, 2.45) is 7.05 Å². The monoisotopic (exact) mass is 357 g/mol. The molecule has 0 atom stereocenters. The minimum atomic E-state index is -0.478. The average Bonchev–Trinajstić information content (AvgIpc) is 2.97. The summed E-state index contributed by atoms with van der Waals surface area (Å²) in [4.78, 5) is 24.2. The van der Waals surface area contributed by atoms with E-state index in [4.69, 9.17) is 9.47 Å². The van der Waals surface area contributed by atoms with Crippen LogP contribution in [0.15, 0.2) is 54.9 Å². The molecular weight excluding hydrogens is 332 g/mol. The molecule has 0 fully saturated rings. The lowest BCUT2D eigenvalue weighted by Crippen LogP contribution is -2.28. The van der Waals surface area contributed by atoms with Gasteiger partial charge >= 0.3 is 11.9 Å². The maximum Gasteiger partial charge on any atom is 0.354 e. The maximum absolute atomic E-state index is 12.2. The number of ether oxygens (including phenoxy) is 2. The van der Waals surface area contributed by atoms with Crippen LogP contribution in [-0.4, -0.2) is 23.6 Å². The van der Waals surface area contributed by atoms with Crippen molar-refractivity contribution in [1.29, 1.82) is 0 Å². The molecule has 138 valence electrons. The molecule has 0 N–H and O–H groups in total. The van der Waals surface area contributed by atoms with Gasteiger partial charge in [0.1, 0.15) is 18.3 Å². The SMILES string of the molecule is C.C.COC(=O)c1cc2ccccc2n1COC(=O)c1ccc[n+](C)c1. The van der Waals surface area contributed by atoms with Crippen LogP contribution in [0.3, 0.4) is 0 Å². The first kappa shape index (κ1) is 20.9. The van der Waals surface area contributed by atoms with Gasteiger partial charge in [0.25, 0.3) is 0 Å². The molecule has 3 aromatic rings. The third kappa shape index (κ3) is 4.08. The van der Waals surface area contributed by atoms with E-state index in [0.29, 0.717) is 11.3 Å². The minimum Gasteiger partial charge on any atom is -0.464 e. The van der Waals surface area contributed by atoms with E-state index in [1.807, 2.05) is 37.5 Å². The van der Waals surface area contributed by atoms with Crippen molar-refractivity contribution in [3.05, 3.63) is 66.1 Å². The van der Waals surface area contributed by atoms with E-state index < -0.39 is 11.9 Å². The molecule has 6 heteroatoms. The Morgan fingerprint density at radius 1 is 1.08 bits per heavy atom. The molecule has 0 aliphatic rings. The molecule has 0 amide bonds. The Bertz CT molecular complexity index is 915. The number of carbonyl (C=O) groups excluding carboxylic acids is 2. The third-order valence-electron chi connectivity index (χ3n) is 3.71. The van der Waals surface area contributed by atoms with E-state index in [2.05, 4.69) is 0 Å². The molecule has 0 radical (unpaired) electrons. The zero-order valence-corrected chi connectivity index (χ0v) is 13.4. The Kier molecular flexibility index (Phi) is 7.07. The van der Waals surface area contributed by atoms with Gasteiger partial charge in [-0.05, 0) is 18.2 Å². The normalized spacial score (nSPS) is 9.77. The lowest BCUT2D eigenvalue weighted by Gasteiger charge is -2.10. The number of pyridine rings is 1. The van der Waals surface area contributed by atoms with Crippen molar-refractivity contribution in [3.63, 3.8) is 0 Å². The fraction of sp³-hybridized carbons (Fsp3) is 0.250. The average molecular weight is 357 g/mol. The summed E-state index contributed by atoms with van der Waals surface area (Å²) < 4.78 is 13.6. The lowest BCUT2D eigenvalue weighted by molar-refractivity contribution is -0.671. The number of hydrogen-bond acceptors (Lipinski definition) is 4. The molecule has 2 aromatic heterocycles. The number of aryl methyl sites for hydroxylation is 1. The van der Waals surface area contributed by atoms with Gasteiger partial charge in [0.05, 0.1) is 12.6 Å². The molecule has 0 saturated heterocycles. The van der Waals surface area contributed by atoms with Crippen LogP contribution in [0.5, 0.6) is 0 Å². The predicted octanol–water partition coefficient (Wildman–Crippen LogP) is 3.34. The highest BCUT2D eigenvalue weighted by Gasteiger charge is 2.18. The molecule has 0 unspecified atom stereocenters. The minimum absolute atomic E-state index is 0. The van der Waals surface area contributed by atoms with Crippen LogP contribution in [0.1, 0.15) is 35.7 Å². The van der Waals surface area contributed by atoms with Gasteiger partial charge in [0.2, 0.25) is 0 Å². The van der Waals surface area contributed by atoms with Crippen molar-refractivity contribution in [1.82, 2.24) is 4.57 Å². The number of rotatable bonds is 4. The molecule has 1 aromatic carbocycles. The van der Waals surface area contributed by atoms with Gasteiger partial charge in [0.15, 0.2) is 19.1 Å². The van der Waals surface area contributed by atoms with Gasteiger partial charge in [-0.25, -0.2) is 14.2 Å². The third-order valence-corrected chi connectivity index (χ3v) is 3.71. The van der Waals surface area contributed by atoms with Crippen molar-refractivity contribution < 1.29 is 23.6 Å². The van der Waals surface area contributed by atoms with E-state index in [9.17, 15) is 9.59 Å². The zero-order valence-electron chi connectivity index (χ0n) is 13.4. The standard InChI is InChI=1S/C18H17N2O4.2CH4/c1-19-9-5-7-14(11-19)17(21)24-12-20-15-8-4-3-6-13(15)10-16(20)18(22)23-2;;/h3-11H,12H2,1-2H3;2*1H4/q+1;;. The second kappa shape index (κ2) is 8.80. The highest BCUT2D eigenvalue weighted by molar-refractivity contribution is 5.95. The highest BCUT2D eigenvalue weighted by atomic mass is 16.5. The summed E-state index contributed by atoms with van der Waals surface area (Å²) in [5, 5.41) is 0.875. The molecular formula is C20H25N2O4+. The van der Waals surface area contributed by atoms with E-state index in [1.165, 1.54) is 7.11 Å². The van der Waals surface area contributed by atoms with Gasteiger partial charge in [0, 0.05) is 11.5 Å². The fourth-order valence-corrected chi connectivity index (χ4v) is 2.54. The number of hydrogen-bond donors (Lipinski definition) is 0. The van der Waals surface area contributed by atoms with Crippen LogP contribution in [0.2, 0.25) is 0 Å². The maximum atomic E-state index is 12.2. The lowest BCUT2D eigenvalue weighted by atomic mass is 10.2. The van der Waals surface area contributed by atoms with Crippen molar-refractivity contribution in [2.45, 2.75) is 21.6 Å². The molecule has 0 spiro atoms. The number of methoxy groups -OCH3 is 1. The molecule has 0 aliphatic carbocycles. The van der Waals surface area contributed by atoms with Gasteiger partial charge in [-0.1, -0.05) is 33.1 Å². The summed E-state index contributed by atoms with van der Waals surface area (Å²) in [6.07, 6.45) is 3.50. The van der Waals surface area contributed by atoms with Crippen molar-refractivity contribution in [2.75, 3.05) is 7.11 Å². The molecule has 2 heterocycles. The number of esters is 2. The van der Waals surface area contributed by atoms with Crippen molar-refractivity contribution >= 4 is 22.8 Å². The van der Waals surface area contributed by atoms with Gasteiger partial charge in [-0.2, -0.15) is 0 Å². The summed E-state index contributed by atoms with van der Waals surface area (Å²) in [6.45, 7) is -0.0740. The first-order chi connectivity index (χ1) is 11.6. The zero-order chi connectivity index (χ0) is 17.1. The quantitative estimate of drug-likeness (QED) is 0.531. The number of fused-ring (bicyclic) bond motifs is 1. The summed E-state index contributed by atoms with van der Waals surface area (Å²) in [5.41, 5.74) is 1.57. The Labute approximate surface area is 153 Å². The van der Waals surface area contributed by atoms with E-state index in [0.717, 1.165) is 10.9 Å². The second-order valence-electron chi connectivity index (χ2n) is 5.33. The van der Waals surface area contributed by atoms with Crippen LogP contribution in [-0.2, 0) is 23.3 Å².